The van der Waals surface area contributed by atoms with E-state index in [2.05, 4.69) is 25.6 Å². The number of hydrogen-bond donors (Lipinski definition) is 2. The summed E-state index contributed by atoms with van der Waals surface area (Å²) in [6, 6.07) is 1.61. The van der Waals surface area contributed by atoms with Gasteiger partial charge >= 0.3 is 0 Å². The topological polar surface area (TPSA) is 98.3 Å². The molecule has 0 spiro atoms. The third-order valence-corrected chi connectivity index (χ3v) is 6.05. The van der Waals surface area contributed by atoms with Gasteiger partial charge in [-0.15, -0.1) is 0 Å². The van der Waals surface area contributed by atoms with Crippen molar-refractivity contribution in [2.45, 2.75) is 19.3 Å². The summed E-state index contributed by atoms with van der Waals surface area (Å²) >= 11 is 6.31. The van der Waals surface area contributed by atoms with Gasteiger partial charge in [0, 0.05) is 56.7 Å². The first-order valence-electron chi connectivity index (χ1n) is 10.9. The van der Waals surface area contributed by atoms with Gasteiger partial charge < -0.3 is 20.1 Å². The lowest BCUT2D eigenvalue weighted by Crippen LogP contribution is -2.30. The summed E-state index contributed by atoms with van der Waals surface area (Å²) in [5.74, 6) is -0.0108. The Labute approximate surface area is 191 Å². The van der Waals surface area contributed by atoms with Crippen LogP contribution in [0.1, 0.15) is 18.5 Å². The molecule has 0 bridgehead atoms. The summed E-state index contributed by atoms with van der Waals surface area (Å²) in [7, 11) is 0. The summed E-state index contributed by atoms with van der Waals surface area (Å²) in [4.78, 5) is 25.2. The Morgan fingerprint density at radius 1 is 1.22 bits per heavy atom. The zero-order valence-corrected chi connectivity index (χ0v) is 18.5. The van der Waals surface area contributed by atoms with E-state index in [-0.39, 0.29) is 28.8 Å². The molecule has 0 radical (unpaired) electrons. The van der Waals surface area contributed by atoms with Crippen LogP contribution in [0.4, 0.5) is 10.2 Å². The van der Waals surface area contributed by atoms with Crippen LogP contribution in [0, 0.1) is 17.8 Å². The molecule has 4 heterocycles. The van der Waals surface area contributed by atoms with Crippen LogP contribution in [-0.4, -0.2) is 66.8 Å². The van der Waals surface area contributed by atoms with Crippen molar-refractivity contribution in [2.24, 2.45) is 11.8 Å². The second kappa shape index (κ2) is 11.1. The van der Waals surface area contributed by atoms with Crippen molar-refractivity contribution in [3.05, 3.63) is 35.1 Å². The zero-order chi connectivity index (χ0) is 22.3. The molecular weight excluding hydrogens is 437 g/mol. The van der Waals surface area contributed by atoms with Crippen LogP contribution in [0.2, 0.25) is 5.02 Å². The van der Waals surface area contributed by atoms with Crippen molar-refractivity contribution in [1.29, 1.82) is 0 Å². The highest BCUT2D eigenvalue weighted by molar-refractivity contribution is 6.33. The predicted octanol–water partition coefficient (Wildman–Crippen LogP) is 2.52. The van der Waals surface area contributed by atoms with Gasteiger partial charge in [-0.1, -0.05) is 11.6 Å². The lowest BCUT2D eigenvalue weighted by Gasteiger charge is -2.22. The number of carbonyl (C=O) groups is 1. The van der Waals surface area contributed by atoms with E-state index in [0.717, 1.165) is 32.6 Å². The van der Waals surface area contributed by atoms with E-state index in [9.17, 15) is 9.18 Å². The van der Waals surface area contributed by atoms with E-state index in [1.54, 1.807) is 6.07 Å². The van der Waals surface area contributed by atoms with Gasteiger partial charge in [-0.25, -0.2) is 9.97 Å². The van der Waals surface area contributed by atoms with Crippen LogP contribution in [0.3, 0.4) is 0 Å². The summed E-state index contributed by atoms with van der Waals surface area (Å²) in [6.07, 6.45) is 4.85. The van der Waals surface area contributed by atoms with Gasteiger partial charge in [0.15, 0.2) is 0 Å². The third-order valence-electron chi connectivity index (χ3n) is 5.75. The van der Waals surface area contributed by atoms with E-state index < -0.39 is 5.95 Å². The van der Waals surface area contributed by atoms with E-state index in [4.69, 9.17) is 21.1 Å². The average Bonchev–Trinajstić information content (AvgIpc) is 3.10. The van der Waals surface area contributed by atoms with Crippen molar-refractivity contribution in [2.75, 3.05) is 51.4 Å². The molecule has 10 heteroatoms. The molecule has 2 fully saturated rings. The van der Waals surface area contributed by atoms with Crippen LogP contribution >= 0.6 is 11.6 Å². The van der Waals surface area contributed by atoms with Gasteiger partial charge in [-0.3, -0.25) is 9.78 Å². The second-order valence-corrected chi connectivity index (χ2v) is 8.51. The first kappa shape index (κ1) is 23.0. The molecule has 0 saturated carbocycles. The molecule has 8 nitrogen and oxygen atoms in total. The van der Waals surface area contributed by atoms with Gasteiger partial charge in [0.25, 0.3) is 0 Å². The molecule has 0 amide bonds. The maximum absolute atomic E-state index is 14.6. The van der Waals surface area contributed by atoms with Crippen LogP contribution in [0.5, 0.6) is 0 Å². The number of anilines is 1. The molecule has 0 unspecified atom stereocenters. The monoisotopic (exact) mass is 463 g/mol. The van der Waals surface area contributed by atoms with E-state index >= 15 is 0 Å². The van der Waals surface area contributed by atoms with Crippen molar-refractivity contribution >= 4 is 23.2 Å². The zero-order valence-electron chi connectivity index (χ0n) is 17.8. The molecule has 2 aromatic rings. The number of nitrogens with one attached hydrogen (secondary N) is 2. The number of hydrogen-bond acceptors (Lipinski definition) is 8. The normalized spacial score (nSPS) is 20.0. The molecule has 0 aromatic carbocycles. The van der Waals surface area contributed by atoms with Gasteiger partial charge in [-0.2, -0.15) is 4.39 Å². The standard InChI is InChI=1S/C22H27ClFN5O3/c23-18-11-26-16(8-19(30)15-10-25-3-6-32-13-15)7-17(18)21-22(24)28-12-20(29-21)27-9-14-1-4-31-5-2-14/h7,11-12,14-15,25H,1-6,8-10,13H2,(H,27,29)/t15-/m0/s1. The summed E-state index contributed by atoms with van der Waals surface area (Å²) in [5.41, 5.74) is 0.891. The smallest absolute Gasteiger partial charge is 0.239 e. The van der Waals surface area contributed by atoms with E-state index in [1.165, 1.54) is 12.4 Å². The number of aromatic nitrogens is 3. The van der Waals surface area contributed by atoms with Crippen molar-refractivity contribution in [1.82, 2.24) is 20.3 Å². The molecule has 2 aromatic heterocycles. The first-order chi connectivity index (χ1) is 15.6. The van der Waals surface area contributed by atoms with Crippen molar-refractivity contribution in [3.8, 4) is 11.3 Å². The highest BCUT2D eigenvalue weighted by atomic mass is 35.5. The minimum absolute atomic E-state index is 0.0126. The minimum Gasteiger partial charge on any atom is -0.381 e. The molecule has 2 saturated heterocycles. The SMILES string of the molecule is O=C(Cc1cc(-c2nc(NCC3CCOCC3)cnc2F)c(Cl)cn1)[C@H]1CNCCOC1. The molecule has 1 atom stereocenters. The minimum atomic E-state index is -0.728. The van der Waals surface area contributed by atoms with Crippen LogP contribution < -0.4 is 10.6 Å². The largest absolute Gasteiger partial charge is 0.381 e. The van der Waals surface area contributed by atoms with Gasteiger partial charge in [-0.05, 0) is 24.8 Å². The van der Waals surface area contributed by atoms with E-state index in [0.29, 0.717) is 49.3 Å². The molecule has 172 valence electrons. The number of ketones is 1. The Kier molecular flexibility index (Phi) is 7.96. The fourth-order valence-corrected chi connectivity index (χ4v) is 4.02. The fourth-order valence-electron chi connectivity index (χ4n) is 3.83. The number of nitrogens with zero attached hydrogens (tertiary/aromatic N) is 3. The molecule has 2 N–H and O–H groups in total. The summed E-state index contributed by atoms with van der Waals surface area (Å²) < 4.78 is 25.4. The number of pyridine rings is 1. The number of Topliss-reactive ketones (excluding diaryl/α,β-unsaturated/α-hetero) is 1. The Balaban J connectivity index is 1.49. The van der Waals surface area contributed by atoms with Crippen molar-refractivity contribution in [3.63, 3.8) is 0 Å². The molecule has 2 aliphatic heterocycles. The van der Waals surface area contributed by atoms with Gasteiger partial charge in [0.2, 0.25) is 5.95 Å². The molecule has 4 rings (SSSR count). The lowest BCUT2D eigenvalue weighted by atomic mass is 10.00. The first-order valence-corrected chi connectivity index (χ1v) is 11.3. The quantitative estimate of drug-likeness (QED) is 0.646. The second-order valence-electron chi connectivity index (χ2n) is 8.11. The fraction of sp³-hybridized carbons (Fsp3) is 0.545. The number of halogens is 2. The molecule has 2 aliphatic rings. The van der Waals surface area contributed by atoms with Gasteiger partial charge in [0.05, 0.1) is 30.4 Å². The Morgan fingerprint density at radius 2 is 2.06 bits per heavy atom. The highest BCUT2D eigenvalue weighted by Gasteiger charge is 2.22. The van der Waals surface area contributed by atoms with E-state index in [1.807, 2.05) is 0 Å². The Hall–Kier alpha value is -2.20. The predicted molar refractivity (Wildman–Crippen MR) is 118 cm³/mol. The number of ether oxygens (including phenoxy) is 2. The average molecular weight is 464 g/mol. The Bertz CT molecular complexity index is 934. The highest BCUT2D eigenvalue weighted by Crippen LogP contribution is 2.29. The molecular formula is C22H27ClFN5O3. The molecule has 32 heavy (non-hydrogen) atoms. The number of rotatable bonds is 7. The van der Waals surface area contributed by atoms with Crippen molar-refractivity contribution < 1.29 is 18.7 Å². The van der Waals surface area contributed by atoms with Crippen LogP contribution in [0.15, 0.2) is 18.5 Å². The summed E-state index contributed by atoms with van der Waals surface area (Å²) in [5, 5.41) is 6.67. The number of carbonyl (C=O) groups excluding carboxylic acids is 1. The van der Waals surface area contributed by atoms with Crippen LogP contribution in [-0.2, 0) is 20.7 Å². The van der Waals surface area contributed by atoms with Gasteiger partial charge in [0.1, 0.15) is 17.3 Å². The summed E-state index contributed by atoms with van der Waals surface area (Å²) in [6.45, 7) is 4.49. The maximum atomic E-state index is 14.6. The molecule has 0 aliphatic carbocycles. The lowest BCUT2D eigenvalue weighted by molar-refractivity contribution is -0.123. The third kappa shape index (κ3) is 5.98. The Morgan fingerprint density at radius 3 is 2.91 bits per heavy atom. The maximum Gasteiger partial charge on any atom is 0.239 e. The van der Waals surface area contributed by atoms with Crippen LogP contribution in [0.25, 0.3) is 11.3 Å².